The second-order valence-corrected chi connectivity index (χ2v) is 5.14. The van der Waals surface area contributed by atoms with Crippen LogP contribution in [0.5, 0.6) is 0 Å². The monoisotopic (exact) mass is 317 g/mol. The van der Waals surface area contributed by atoms with Gasteiger partial charge in [0.2, 0.25) is 0 Å². The highest BCUT2D eigenvalue weighted by molar-refractivity contribution is 9.10. The molecule has 0 saturated heterocycles. The summed E-state index contributed by atoms with van der Waals surface area (Å²) in [7, 11) is 1.94. The van der Waals surface area contributed by atoms with Crippen LogP contribution in [0.2, 0.25) is 0 Å². The number of nitrogens with two attached hydrogens (primary N) is 1. The predicted octanol–water partition coefficient (Wildman–Crippen LogP) is 2.82. The minimum absolute atomic E-state index is 0.473. The first-order valence-electron chi connectivity index (χ1n) is 5.74. The number of aromatic amines is 1. The number of halogens is 1. The molecule has 0 aliphatic carbocycles. The lowest BCUT2D eigenvalue weighted by Crippen LogP contribution is -1.94. The minimum atomic E-state index is 0.473. The minimum Gasteiger partial charge on any atom is -0.382 e. The van der Waals surface area contributed by atoms with Crippen molar-refractivity contribution in [3.05, 3.63) is 41.1 Å². The highest BCUT2D eigenvalue weighted by Gasteiger charge is 2.17. The highest BCUT2D eigenvalue weighted by Crippen LogP contribution is 2.34. The van der Waals surface area contributed by atoms with Crippen LogP contribution >= 0.6 is 15.9 Å². The van der Waals surface area contributed by atoms with E-state index >= 15 is 0 Å². The summed E-state index contributed by atoms with van der Waals surface area (Å²) in [5, 5.41) is 7.06. The molecule has 96 valence electrons. The van der Waals surface area contributed by atoms with Gasteiger partial charge >= 0.3 is 0 Å². The van der Waals surface area contributed by atoms with Gasteiger partial charge in [0, 0.05) is 23.9 Å². The van der Waals surface area contributed by atoms with Gasteiger partial charge < -0.3 is 10.3 Å². The number of benzene rings is 1. The SMILES string of the molecule is Cn1ccnc1-c1[nH]nc(N)c1-c1ccc(Br)cc1. The molecule has 3 N–H and O–H groups in total. The molecule has 0 unspecified atom stereocenters. The Morgan fingerprint density at radius 2 is 2.00 bits per heavy atom. The van der Waals surface area contributed by atoms with E-state index in [0.717, 1.165) is 27.1 Å². The zero-order valence-corrected chi connectivity index (χ0v) is 11.8. The van der Waals surface area contributed by atoms with Gasteiger partial charge in [0.15, 0.2) is 11.6 Å². The number of aromatic nitrogens is 4. The van der Waals surface area contributed by atoms with Gasteiger partial charge in [-0.1, -0.05) is 28.1 Å². The summed E-state index contributed by atoms with van der Waals surface area (Å²) in [6.07, 6.45) is 3.63. The number of nitrogens with zero attached hydrogens (tertiary/aromatic N) is 3. The number of H-pyrrole nitrogens is 1. The van der Waals surface area contributed by atoms with E-state index in [4.69, 9.17) is 5.73 Å². The number of hydrogen-bond acceptors (Lipinski definition) is 3. The van der Waals surface area contributed by atoms with Crippen LogP contribution in [0.4, 0.5) is 5.82 Å². The quantitative estimate of drug-likeness (QED) is 0.763. The Balaban J connectivity index is 2.19. The summed E-state index contributed by atoms with van der Waals surface area (Å²) in [6, 6.07) is 7.95. The summed E-state index contributed by atoms with van der Waals surface area (Å²) in [5.74, 6) is 1.28. The van der Waals surface area contributed by atoms with Crippen LogP contribution < -0.4 is 5.73 Å². The molecule has 0 aliphatic rings. The van der Waals surface area contributed by atoms with E-state index in [2.05, 4.69) is 31.1 Å². The first-order valence-corrected chi connectivity index (χ1v) is 6.53. The zero-order chi connectivity index (χ0) is 13.4. The van der Waals surface area contributed by atoms with Crippen LogP contribution in [0.1, 0.15) is 0 Å². The van der Waals surface area contributed by atoms with E-state index < -0.39 is 0 Å². The Labute approximate surface area is 118 Å². The van der Waals surface area contributed by atoms with E-state index in [9.17, 15) is 0 Å². The molecule has 19 heavy (non-hydrogen) atoms. The first-order chi connectivity index (χ1) is 9.16. The molecule has 0 radical (unpaired) electrons. The molecular formula is C13H12BrN5. The van der Waals surface area contributed by atoms with Crippen molar-refractivity contribution in [1.29, 1.82) is 0 Å². The van der Waals surface area contributed by atoms with E-state index in [1.54, 1.807) is 6.20 Å². The lowest BCUT2D eigenvalue weighted by Gasteiger charge is -2.05. The summed E-state index contributed by atoms with van der Waals surface area (Å²) < 4.78 is 2.95. The Kier molecular flexibility index (Phi) is 2.87. The van der Waals surface area contributed by atoms with E-state index in [1.807, 2.05) is 42.1 Å². The van der Waals surface area contributed by atoms with Crippen molar-refractivity contribution in [1.82, 2.24) is 19.7 Å². The van der Waals surface area contributed by atoms with Crippen LogP contribution in [0.3, 0.4) is 0 Å². The first kappa shape index (κ1) is 12.0. The maximum atomic E-state index is 5.98. The average molecular weight is 318 g/mol. The van der Waals surface area contributed by atoms with Crippen molar-refractivity contribution in [2.24, 2.45) is 7.05 Å². The molecule has 2 heterocycles. The van der Waals surface area contributed by atoms with Gasteiger partial charge in [-0.15, -0.1) is 0 Å². The number of hydrogen-bond donors (Lipinski definition) is 2. The normalized spacial score (nSPS) is 10.8. The predicted molar refractivity (Wildman–Crippen MR) is 78.3 cm³/mol. The molecule has 0 amide bonds. The van der Waals surface area contributed by atoms with Crippen molar-refractivity contribution in [2.45, 2.75) is 0 Å². The number of nitrogens with one attached hydrogen (secondary N) is 1. The molecular weight excluding hydrogens is 306 g/mol. The van der Waals surface area contributed by atoms with Gasteiger partial charge in [-0.05, 0) is 17.7 Å². The third-order valence-corrected chi connectivity index (χ3v) is 3.50. The van der Waals surface area contributed by atoms with Gasteiger partial charge in [-0.2, -0.15) is 5.10 Å². The van der Waals surface area contributed by atoms with Crippen molar-refractivity contribution < 1.29 is 0 Å². The molecule has 2 aromatic heterocycles. The lowest BCUT2D eigenvalue weighted by atomic mass is 10.1. The van der Waals surface area contributed by atoms with Crippen LogP contribution in [0, 0.1) is 0 Å². The fourth-order valence-corrected chi connectivity index (χ4v) is 2.30. The Morgan fingerprint density at radius 3 is 2.63 bits per heavy atom. The average Bonchev–Trinajstić information content (AvgIpc) is 2.97. The van der Waals surface area contributed by atoms with Crippen LogP contribution in [0.15, 0.2) is 41.1 Å². The maximum absolute atomic E-state index is 5.98. The fraction of sp³-hybridized carbons (Fsp3) is 0.0769. The molecule has 0 saturated carbocycles. The van der Waals surface area contributed by atoms with Crippen molar-refractivity contribution in [3.63, 3.8) is 0 Å². The molecule has 0 atom stereocenters. The second kappa shape index (κ2) is 4.55. The van der Waals surface area contributed by atoms with Gasteiger partial charge in [-0.25, -0.2) is 4.98 Å². The van der Waals surface area contributed by atoms with Crippen LogP contribution in [-0.4, -0.2) is 19.7 Å². The second-order valence-electron chi connectivity index (χ2n) is 4.23. The Hall–Kier alpha value is -2.08. The third-order valence-electron chi connectivity index (χ3n) is 2.97. The van der Waals surface area contributed by atoms with Crippen LogP contribution in [0.25, 0.3) is 22.6 Å². The number of anilines is 1. The Morgan fingerprint density at radius 1 is 1.26 bits per heavy atom. The summed E-state index contributed by atoms with van der Waals surface area (Å²) in [6.45, 7) is 0. The molecule has 0 spiro atoms. The van der Waals surface area contributed by atoms with E-state index in [0.29, 0.717) is 5.82 Å². The number of rotatable bonds is 2. The van der Waals surface area contributed by atoms with Crippen molar-refractivity contribution in [3.8, 4) is 22.6 Å². The lowest BCUT2D eigenvalue weighted by molar-refractivity contribution is 0.914. The highest BCUT2D eigenvalue weighted by atomic mass is 79.9. The summed E-state index contributed by atoms with van der Waals surface area (Å²) in [5.41, 5.74) is 8.69. The topological polar surface area (TPSA) is 72.5 Å². The maximum Gasteiger partial charge on any atom is 0.158 e. The van der Waals surface area contributed by atoms with Crippen molar-refractivity contribution in [2.75, 3.05) is 5.73 Å². The molecule has 3 rings (SSSR count). The third kappa shape index (κ3) is 2.04. The van der Waals surface area contributed by atoms with E-state index in [1.165, 1.54) is 0 Å². The van der Waals surface area contributed by atoms with Gasteiger partial charge in [-0.3, -0.25) is 5.10 Å². The van der Waals surface area contributed by atoms with E-state index in [-0.39, 0.29) is 0 Å². The summed E-state index contributed by atoms with van der Waals surface area (Å²) >= 11 is 3.42. The van der Waals surface area contributed by atoms with Gasteiger partial charge in [0.25, 0.3) is 0 Å². The Bertz CT molecular complexity index is 711. The zero-order valence-electron chi connectivity index (χ0n) is 10.3. The smallest absolute Gasteiger partial charge is 0.158 e. The number of aryl methyl sites for hydroxylation is 1. The van der Waals surface area contributed by atoms with Crippen molar-refractivity contribution >= 4 is 21.7 Å². The standard InChI is InChI=1S/C13H12BrN5/c1-19-7-6-16-13(19)11-10(12(15)18-17-11)8-2-4-9(14)5-3-8/h2-7H,1H3,(H3,15,17,18). The molecule has 0 aliphatic heterocycles. The number of nitrogen functional groups attached to an aromatic ring is 1. The largest absolute Gasteiger partial charge is 0.382 e. The summed E-state index contributed by atoms with van der Waals surface area (Å²) in [4.78, 5) is 4.33. The number of imidazole rings is 1. The van der Waals surface area contributed by atoms with Gasteiger partial charge in [0.05, 0.1) is 5.56 Å². The molecule has 5 nitrogen and oxygen atoms in total. The molecule has 0 bridgehead atoms. The molecule has 6 heteroatoms. The fourth-order valence-electron chi connectivity index (χ4n) is 2.03. The van der Waals surface area contributed by atoms with Gasteiger partial charge in [0.1, 0.15) is 5.69 Å². The van der Waals surface area contributed by atoms with Crippen LogP contribution in [-0.2, 0) is 7.05 Å². The molecule has 1 aromatic carbocycles. The molecule has 3 aromatic rings. The molecule has 0 fully saturated rings.